The van der Waals surface area contributed by atoms with Crippen LogP contribution in [-0.4, -0.2) is 68.3 Å². The number of likely N-dealkylation sites (tertiary alicyclic amines) is 1. The Bertz CT molecular complexity index is 566. The molecule has 6 heteroatoms. The molecule has 2 aliphatic heterocycles. The topological polar surface area (TPSA) is 42.0 Å². The van der Waals surface area contributed by atoms with Gasteiger partial charge in [-0.2, -0.15) is 0 Å². The minimum Gasteiger partial charge on any atom is -0.496 e. The first-order valence-electron chi connectivity index (χ1n) is 7.55. The van der Waals surface area contributed by atoms with Crippen molar-refractivity contribution in [3.05, 3.63) is 28.8 Å². The van der Waals surface area contributed by atoms with E-state index in [-0.39, 0.29) is 18.1 Å². The lowest BCUT2D eigenvalue weighted by Crippen LogP contribution is -2.60. The number of ether oxygens (including phenoxy) is 2. The highest BCUT2D eigenvalue weighted by Crippen LogP contribution is 2.28. The molecule has 0 N–H and O–H groups in total. The first-order valence-corrected chi connectivity index (χ1v) is 7.92. The molecule has 2 aliphatic rings. The monoisotopic (exact) mass is 324 g/mol. The Morgan fingerprint density at radius 3 is 3.00 bits per heavy atom. The largest absolute Gasteiger partial charge is 0.496 e. The molecule has 2 atom stereocenters. The number of morpholine rings is 1. The Balaban J connectivity index is 1.88. The highest BCUT2D eigenvalue weighted by atomic mass is 35.5. The number of methoxy groups -OCH3 is 1. The third-order valence-electron chi connectivity index (χ3n) is 4.44. The predicted molar refractivity (Wildman–Crippen MR) is 84.7 cm³/mol. The number of likely N-dealkylation sites (N-methyl/N-ethyl adjacent to an activating group) is 1. The van der Waals surface area contributed by atoms with Gasteiger partial charge in [0.2, 0.25) is 0 Å². The van der Waals surface area contributed by atoms with Gasteiger partial charge in [0.15, 0.2) is 0 Å². The molecule has 1 amide bonds. The maximum absolute atomic E-state index is 13.0. The second-order valence-electron chi connectivity index (χ2n) is 5.87. The molecule has 3 rings (SSSR count). The molecule has 2 saturated heterocycles. The molecule has 0 bridgehead atoms. The number of carbonyl (C=O) groups is 1. The van der Waals surface area contributed by atoms with E-state index >= 15 is 0 Å². The van der Waals surface area contributed by atoms with Gasteiger partial charge in [0.25, 0.3) is 5.91 Å². The van der Waals surface area contributed by atoms with Crippen LogP contribution in [0, 0.1) is 0 Å². The van der Waals surface area contributed by atoms with Crippen LogP contribution in [0.25, 0.3) is 0 Å². The first-order chi connectivity index (χ1) is 10.6. The van der Waals surface area contributed by atoms with Crippen LogP contribution in [0.3, 0.4) is 0 Å². The molecule has 0 saturated carbocycles. The summed E-state index contributed by atoms with van der Waals surface area (Å²) in [6.45, 7) is 3.02. The fourth-order valence-electron chi connectivity index (χ4n) is 3.28. The number of fused-ring (bicyclic) bond motifs is 1. The van der Waals surface area contributed by atoms with E-state index < -0.39 is 0 Å². The lowest BCUT2D eigenvalue weighted by molar-refractivity contribution is -0.0870. The van der Waals surface area contributed by atoms with Crippen LogP contribution in [-0.2, 0) is 4.74 Å². The molecule has 120 valence electrons. The van der Waals surface area contributed by atoms with Crippen LogP contribution in [0.4, 0.5) is 0 Å². The Kier molecular flexibility index (Phi) is 4.57. The number of amides is 1. The van der Waals surface area contributed by atoms with Gasteiger partial charge in [-0.05, 0) is 31.7 Å². The van der Waals surface area contributed by atoms with Crippen LogP contribution in [0.1, 0.15) is 16.8 Å². The summed E-state index contributed by atoms with van der Waals surface area (Å²) in [4.78, 5) is 17.2. The number of nitrogens with zero attached hydrogens (tertiary/aromatic N) is 2. The number of rotatable bonds is 2. The molecule has 2 heterocycles. The lowest BCUT2D eigenvalue weighted by atomic mass is 9.98. The molecule has 1 aromatic rings. The zero-order valence-corrected chi connectivity index (χ0v) is 13.7. The summed E-state index contributed by atoms with van der Waals surface area (Å²) < 4.78 is 11.2. The molecule has 2 fully saturated rings. The smallest absolute Gasteiger partial charge is 0.258 e. The summed E-state index contributed by atoms with van der Waals surface area (Å²) in [5.41, 5.74) is 0.517. The summed E-state index contributed by atoms with van der Waals surface area (Å²) in [6, 6.07) is 5.23. The molecule has 0 aromatic heterocycles. The van der Waals surface area contributed by atoms with Crippen molar-refractivity contribution in [2.45, 2.75) is 18.6 Å². The van der Waals surface area contributed by atoms with Crippen LogP contribution in [0.2, 0.25) is 5.02 Å². The van der Waals surface area contributed by atoms with Crippen LogP contribution < -0.4 is 4.74 Å². The minimum absolute atomic E-state index is 0.0343. The normalized spacial score (nSPS) is 25.7. The average Bonchev–Trinajstić information content (AvgIpc) is 2.53. The molecule has 0 aliphatic carbocycles. The standard InChI is InChI=1S/C16H21ClN2O3/c1-18-6-5-15-13(10-18)19(7-8-22-15)16(20)12-9-11(17)3-4-14(12)21-2/h3-4,9,13,15H,5-8,10H2,1-2H3/t13-,15-/m0/s1. The third-order valence-corrected chi connectivity index (χ3v) is 4.68. The second kappa shape index (κ2) is 6.44. The van der Waals surface area contributed by atoms with Crippen LogP contribution in [0.15, 0.2) is 18.2 Å². The number of benzene rings is 1. The van der Waals surface area contributed by atoms with Gasteiger partial charge in [-0.15, -0.1) is 0 Å². The van der Waals surface area contributed by atoms with E-state index in [2.05, 4.69) is 11.9 Å². The highest BCUT2D eigenvalue weighted by Gasteiger charge is 2.39. The number of carbonyl (C=O) groups excluding carboxylic acids is 1. The molecule has 0 spiro atoms. The van der Waals surface area contributed by atoms with Gasteiger partial charge in [0.05, 0.1) is 31.4 Å². The quantitative estimate of drug-likeness (QED) is 0.833. The van der Waals surface area contributed by atoms with E-state index in [1.165, 1.54) is 0 Å². The zero-order valence-electron chi connectivity index (χ0n) is 12.9. The minimum atomic E-state index is -0.0343. The number of piperidine rings is 1. The summed E-state index contributed by atoms with van der Waals surface area (Å²) >= 11 is 6.06. The Hall–Kier alpha value is -1.30. The predicted octanol–water partition coefficient (Wildman–Crippen LogP) is 1.89. The summed E-state index contributed by atoms with van der Waals surface area (Å²) in [7, 11) is 3.64. The van der Waals surface area contributed by atoms with Crippen LogP contribution in [0.5, 0.6) is 5.75 Å². The van der Waals surface area contributed by atoms with Gasteiger partial charge < -0.3 is 19.3 Å². The van der Waals surface area contributed by atoms with Gasteiger partial charge >= 0.3 is 0 Å². The van der Waals surface area contributed by atoms with Crippen molar-refractivity contribution in [2.24, 2.45) is 0 Å². The third kappa shape index (κ3) is 2.93. The second-order valence-corrected chi connectivity index (χ2v) is 6.31. The molecule has 22 heavy (non-hydrogen) atoms. The van der Waals surface area contributed by atoms with Crippen molar-refractivity contribution < 1.29 is 14.3 Å². The maximum atomic E-state index is 13.0. The zero-order chi connectivity index (χ0) is 15.7. The van der Waals surface area contributed by atoms with Crippen molar-refractivity contribution in [3.63, 3.8) is 0 Å². The fourth-order valence-corrected chi connectivity index (χ4v) is 3.46. The van der Waals surface area contributed by atoms with E-state index in [1.54, 1.807) is 25.3 Å². The molecule has 1 aromatic carbocycles. The van der Waals surface area contributed by atoms with Gasteiger partial charge in [-0.3, -0.25) is 4.79 Å². The van der Waals surface area contributed by atoms with E-state index in [9.17, 15) is 4.79 Å². The Labute approximate surface area is 135 Å². The molecule has 5 nitrogen and oxygen atoms in total. The lowest BCUT2D eigenvalue weighted by Gasteiger charge is -2.46. The van der Waals surface area contributed by atoms with E-state index in [4.69, 9.17) is 21.1 Å². The Morgan fingerprint density at radius 1 is 1.41 bits per heavy atom. The van der Waals surface area contributed by atoms with Gasteiger partial charge in [0, 0.05) is 24.7 Å². The maximum Gasteiger partial charge on any atom is 0.258 e. The summed E-state index contributed by atoms with van der Waals surface area (Å²) in [5, 5.41) is 0.537. The van der Waals surface area contributed by atoms with E-state index in [0.29, 0.717) is 29.5 Å². The molecule has 0 unspecified atom stereocenters. The van der Waals surface area contributed by atoms with Crippen molar-refractivity contribution in [1.82, 2.24) is 9.80 Å². The number of hydrogen-bond acceptors (Lipinski definition) is 4. The number of halogens is 1. The Morgan fingerprint density at radius 2 is 2.23 bits per heavy atom. The van der Waals surface area contributed by atoms with Crippen molar-refractivity contribution in [1.29, 1.82) is 0 Å². The fraction of sp³-hybridized carbons (Fsp3) is 0.562. The van der Waals surface area contributed by atoms with E-state index in [1.807, 2.05) is 4.90 Å². The average molecular weight is 325 g/mol. The summed E-state index contributed by atoms with van der Waals surface area (Å²) in [6.07, 6.45) is 1.08. The van der Waals surface area contributed by atoms with Crippen LogP contribution >= 0.6 is 11.6 Å². The van der Waals surface area contributed by atoms with Crippen molar-refractivity contribution in [3.8, 4) is 5.75 Å². The summed E-state index contributed by atoms with van der Waals surface area (Å²) in [5.74, 6) is 0.523. The highest BCUT2D eigenvalue weighted by molar-refractivity contribution is 6.31. The molecular weight excluding hydrogens is 304 g/mol. The van der Waals surface area contributed by atoms with Gasteiger partial charge in [-0.1, -0.05) is 11.6 Å². The van der Waals surface area contributed by atoms with Gasteiger partial charge in [0.1, 0.15) is 5.75 Å². The van der Waals surface area contributed by atoms with Crippen molar-refractivity contribution in [2.75, 3.05) is 40.4 Å². The van der Waals surface area contributed by atoms with Crippen molar-refractivity contribution >= 4 is 17.5 Å². The first kappa shape index (κ1) is 15.6. The molecule has 0 radical (unpaired) electrons. The SMILES string of the molecule is COc1ccc(Cl)cc1C(=O)N1CCO[C@H]2CCN(C)C[C@@H]21. The molecular formula is C16H21ClN2O3. The van der Waals surface area contributed by atoms with Gasteiger partial charge in [-0.25, -0.2) is 0 Å². The van der Waals surface area contributed by atoms with E-state index in [0.717, 1.165) is 19.5 Å². The number of hydrogen-bond donors (Lipinski definition) is 0.